The Kier molecular flexibility index (Phi) is 9.34. The van der Waals surface area contributed by atoms with E-state index in [1.165, 1.54) is 32.1 Å². The highest BCUT2D eigenvalue weighted by atomic mass is 16.5. The lowest BCUT2D eigenvalue weighted by Gasteiger charge is -2.18. The molecule has 1 aromatic carbocycles. The molecule has 0 bridgehead atoms. The van der Waals surface area contributed by atoms with Gasteiger partial charge in [0.05, 0.1) is 6.10 Å². The molecule has 0 heterocycles. The number of carbonyl (C=O) groups is 1. The maximum Gasteiger partial charge on any atom is 0.303 e. The predicted molar refractivity (Wildman–Crippen MR) is 85.7 cm³/mol. The fourth-order valence-corrected chi connectivity index (χ4v) is 2.39. The summed E-state index contributed by atoms with van der Waals surface area (Å²) in [5.74, 6) is 0.0819. The Labute approximate surface area is 128 Å². The average Bonchev–Trinajstić information content (AvgIpc) is 2.49. The van der Waals surface area contributed by atoms with Crippen molar-refractivity contribution in [2.75, 3.05) is 0 Å². The van der Waals surface area contributed by atoms with Gasteiger partial charge >= 0.3 is 5.97 Å². The molecule has 3 heteroatoms. The van der Waals surface area contributed by atoms with Crippen LogP contribution in [0.5, 0.6) is 5.75 Å². The SMILES string of the molecule is CCCCCCCCC(CCC(=O)O)Oc1ccccc1. The Morgan fingerprint density at radius 2 is 1.71 bits per heavy atom. The molecule has 118 valence electrons. The first-order valence-electron chi connectivity index (χ1n) is 8.16. The lowest BCUT2D eigenvalue weighted by atomic mass is 10.0. The van der Waals surface area contributed by atoms with E-state index in [1.54, 1.807) is 0 Å². The van der Waals surface area contributed by atoms with Crippen LogP contribution in [0, 0.1) is 0 Å². The third kappa shape index (κ3) is 9.11. The largest absolute Gasteiger partial charge is 0.490 e. The average molecular weight is 292 g/mol. The summed E-state index contributed by atoms with van der Waals surface area (Å²) in [4.78, 5) is 10.7. The predicted octanol–water partition coefficient (Wildman–Crippen LogP) is 5.05. The summed E-state index contributed by atoms with van der Waals surface area (Å²) in [7, 11) is 0. The highest BCUT2D eigenvalue weighted by Gasteiger charge is 2.12. The first kappa shape index (κ1) is 17.5. The van der Waals surface area contributed by atoms with Crippen LogP contribution in [0.1, 0.15) is 64.7 Å². The van der Waals surface area contributed by atoms with Crippen LogP contribution in [0.15, 0.2) is 30.3 Å². The summed E-state index contributed by atoms with van der Waals surface area (Å²) in [5.41, 5.74) is 0. The van der Waals surface area contributed by atoms with Crippen molar-refractivity contribution in [1.29, 1.82) is 0 Å². The summed E-state index contributed by atoms with van der Waals surface area (Å²) in [6.07, 6.45) is 9.17. The molecule has 21 heavy (non-hydrogen) atoms. The number of carboxylic acid groups (broad SMARTS) is 1. The second-order valence-electron chi connectivity index (χ2n) is 5.54. The highest BCUT2D eigenvalue weighted by Crippen LogP contribution is 2.18. The van der Waals surface area contributed by atoms with Crippen LogP contribution in [0.2, 0.25) is 0 Å². The van der Waals surface area contributed by atoms with Gasteiger partial charge in [0.1, 0.15) is 5.75 Å². The van der Waals surface area contributed by atoms with Gasteiger partial charge in [-0.05, 0) is 31.4 Å². The van der Waals surface area contributed by atoms with Crippen LogP contribution in [-0.4, -0.2) is 17.2 Å². The maximum atomic E-state index is 10.7. The number of rotatable bonds is 12. The number of ether oxygens (including phenoxy) is 1. The van der Waals surface area contributed by atoms with Crippen molar-refractivity contribution in [2.24, 2.45) is 0 Å². The van der Waals surface area contributed by atoms with Crippen LogP contribution < -0.4 is 4.74 Å². The maximum absolute atomic E-state index is 10.7. The number of benzene rings is 1. The van der Waals surface area contributed by atoms with Gasteiger partial charge in [0.25, 0.3) is 0 Å². The fraction of sp³-hybridized carbons (Fsp3) is 0.611. The molecule has 1 atom stereocenters. The van der Waals surface area contributed by atoms with E-state index in [-0.39, 0.29) is 12.5 Å². The fourth-order valence-electron chi connectivity index (χ4n) is 2.39. The van der Waals surface area contributed by atoms with E-state index >= 15 is 0 Å². The van der Waals surface area contributed by atoms with Crippen molar-refractivity contribution in [1.82, 2.24) is 0 Å². The quantitative estimate of drug-likeness (QED) is 0.548. The van der Waals surface area contributed by atoms with Gasteiger partial charge in [-0.25, -0.2) is 0 Å². The zero-order chi connectivity index (χ0) is 15.3. The molecule has 3 nitrogen and oxygen atoms in total. The molecule has 1 rings (SSSR count). The molecule has 0 aliphatic heterocycles. The lowest BCUT2D eigenvalue weighted by molar-refractivity contribution is -0.137. The number of hydrogen-bond acceptors (Lipinski definition) is 2. The molecule has 0 saturated heterocycles. The smallest absolute Gasteiger partial charge is 0.303 e. The van der Waals surface area contributed by atoms with Gasteiger partial charge in [0.15, 0.2) is 0 Å². The van der Waals surface area contributed by atoms with Crippen molar-refractivity contribution in [3.8, 4) is 5.75 Å². The number of para-hydroxylation sites is 1. The van der Waals surface area contributed by atoms with Gasteiger partial charge in [0.2, 0.25) is 0 Å². The summed E-state index contributed by atoms with van der Waals surface area (Å²) >= 11 is 0. The number of carboxylic acids is 1. The molecule has 1 N–H and O–H groups in total. The van der Waals surface area contributed by atoms with E-state index in [0.29, 0.717) is 6.42 Å². The molecule has 0 saturated carbocycles. The standard InChI is InChI=1S/C18H28O3/c1-2-3-4-5-6-8-13-17(14-15-18(19)20)21-16-11-9-7-10-12-16/h7,9-12,17H,2-6,8,13-15H2,1H3,(H,19,20). The number of hydrogen-bond donors (Lipinski definition) is 1. The summed E-state index contributed by atoms with van der Waals surface area (Å²) < 4.78 is 5.93. The van der Waals surface area contributed by atoms with E-state index < -0.39 is 5.97 Å². The first-order valence-corrected chi connectivity index (χ1v) is 8.16. The van der Waals surface area contributed by atoms with Gasteiger partial charge in [0, 0.05) is 6.42 Å². The van der Waals surface area contributed by atoms with Gasteiger partial charge in [-0.15, -0.1) is 0 Å². The van der Waals surface area contributed by atoms with E-state index in [4.69, 9.17) is 9.84 Å². The molecule has 1 unspecified atom stereocenters. The Morgan fingerprint density at radius 3 is 2.38 bits per heavy atom. The normalized spacial score (nSPS) is 12.0. The molecule has 0 spiro atoms. The van der Waals surface area contributed by atoms with Gasteiger partial charge in [-0.3, -0.25) is 4.79 Å². The molecule has 0 aliphatic carbocycles. The van der Waals surface area contributed by atoms with Crippen LogP contribution in [0.3, 0.4) is 0 Å². The Morgan fingerprint density at radius 1 is 1.05 bits per heavy atom. The van der Waals surface area contributed by atoms with E-state index in [1.807, 2.05) is 30.3 Å². The Bertz CT molecular complexity index is 375. The van der Waals surface area contributed by atoms with Crippen molar-refractivity contribution in [3.63, 3.8) is 0 Å². The molecular formula is C18H28O3. The molecule has 0 amide bonds. The van der Waals surface area contributed by atoms with E-state index in [9.17, 15) is 4.79 Å². The van der Waals surface area contributed by atoms with Crippen molar-refractivity contribution in [3.05, 3.63) is 30.3 Å². The van der Waals surface area contributed by atoms with Crippen molar-refractivity contribution in [2.45, 2.75) is 70.8 Å². The molecule has 1 aromatic rings. The first-order chi connectivity index (χ1) is 10.2. The molecule has 0 aromatic heterocycles. The van der Waals surface area contributed by atoms with Gasteiger partial charge in [-0.2, -0.15) is 0 Å². The molecule has 0 aliphatic rings. The molecule has 0 fully saturated rings. The summed E-state index contributed by atoms with van der Waals surface area (Å²) in [6.45, 7) is 2.22. The third-order valence-corrected chi connectivity index (χ3v) is 3.61. The Balaban J connectivity index is 2.32. The number of aliphatic carboxylic acids is 1. The molecule has 0 radical (unpaired) electrons. The summed E-state index contributed by atoms with van der Waals surface area (Å²) in [6, 6.07) is 9.68. The van der Waals surface area contributed by atoms with Crippen LogP contribution in [0.25, 0.3) is 0 Å². The monoisotopic (exact) mass is 292 g/mol. The van der Waals surface area contributed by atoms with Crippen LogP contribution in [0.4, 0.5) is 0 Å². The van der Waals surface area contributed by atoms with E-state index in [2.05, 4.69) is 6.92 Å². The van der Waals surface area contributed by atoms with Crippen molar-refractivity contribution < 1.29 is 14.6 Å². The summed E-state index contributed by atoms with van der Waals surface area (Å²) in [5, 5.41) is 8.84. The highest BCUT2D eigenvalue weighted by molar-refractivity contribution is 5.66. The number of unbranched alkanes of at least 4 members (excludes halogenated alkanes) is 5. The van der Waals surface area contributed by atoms with E-state index in [0.717, 1.165) is 18.6 Å². The van der Waals surface area contributed by atoms with Crippen LogP contribution >= 0.6 is 0 Å². The molecular weight excluding hydrogens is 264 g/mol. The minimum atomic E-state index is -0.750. The van der Waals surface area contributed by atoms with Gasteiger partial charge < -0.3 is 9.84 Å². The van der Waals surface area contributed by atoms with Crippen LogP contribution in [-0.2, 0) is 4.79 Å². The zero-order valence-electron chi connectivity index (χ0n) is 13.1. The Hall–Kier alpha value is -1.51. The van der Waals surface area contributed by atoms with Gasteiger partial charge in [-0.1, -0.05) is 57.2 Å². The second kappa shape index (κ2) is 11.2. The second-order valence-corrected chi connectivity index (χ2v) is 5.54. The minimum absolute atomic E-state index is 0.00896. The third-order valence-electron chi connectivity index (χ3n) is 3.61. The minimum Gasteiger partial charge on any atom is -0.490 e. The lowest BCUT2D eigenvalue weighted by Crippen LogP contribution is -2.18. The zero-order valence-corrected chi connectivity index (χ0v) is 13.1. The topological polar surface area (TPSA) is 46.5 Å². The van der Waals surface area contributed by atoms with Crippen molar-refractivity contribution >= 4 is 5.97 Å².